The van der Waals surface area contributed by atoms with Crippen molar-refractivity contribution in [1.29, 1.82) is 0 Å². The molecule has 1 aliphatic carbocycles. The molecule has 1 aromatic carbocycles. The minimum Gasteiger partial charge on any atom is -0.396 e. The van der Waals surface area contributed by atoms with Gasteiger partial charge in [0.05, 0.1) is 12.1 Å². The summed E-state index contributed by atoms with van der Waals surface area (Å²) < 4.78 is 15.8. The van der Waals surface area contributed by atoms with Gasteiger partial charge in [0.15, 0.2) is 0 Å². The van der Waals surface area contributed by atoms with Crippen molar-refractivity contribution >= 4 is 11.5 Å². The summed E-state index contributed by atoms with van der Waals surface area (Å²) in [7, 11) is 1.87. The number of pyridine rings is 1. The van der Waals surface area contributed by atoms with Gasteiger partial charge in [0.25, 0.3) is 5.56 Å². The van der Waals surface area contributed by atoms with Crippen LogP contribution in [0.2, 0.25) is 0 Å². The maximum Gasteiger partial charge on any atom is 0.258 e. The largest absolute Gasteiger partial charge is 0.396 e. The predicted octanol–water partition coefficient (Wildman–Crippen LogP) is 2.46. The highest BCUT2D eigenvalue weighted by Crippen LogP contribution is 2.48. The molecule has 0 unspecified atom stereocenters. The van der Waals surface area contributed by atoms with Crippen LogP contribution < -0.4 is 10.9 Å². The van der Waals surface area contributed by atoms with Crippen LogP contribution in [0.4, 0.5) is 4.39 Å². The van der Waals surface area contributed by atoms with E-state index in [1.54, 1.807) is 18.2 Å². The monoisotopic (exact) mass is 437 g/mol. The zero-order valence-electron chi connectivity index (χ0n) is 18.1. The number of carbonyl (C=O) groups excluding carboxylic acids is 1. The van der Waals surface area contributed by atoms with Gasteiger partial charge in [-0.05, 0) is 50.1 Å². The van der Waals surface area contributed by atoms with Gasteiger partial charge in [-0.15, -0.1) is 0 Å². The number of allylic oxidation sites excluding steroid dienone is 2. The van der Waals surface area contributed by atoms with E-state index in [2.05, 4.69) is 11.4 Å². The van der Waals surface area contributed by atoms with Crippen molar-refractivity contribution in [2.75, 3.05) is 13.7 Å². The maximum absolute atomic E-state index is 13.9. The number of rotatable bonds is 5. The Morgan fingerprint density at radius 2 is 2.06 bits per heavy atom. The van der Waals surface area contributed by atoms with E-state index in [1.807, 2.05) is 28.6 Å². The maximum atomic E-state index is 13.9. The number of amides is 1. The Morgan fingerprint density at radius 1 is 1.25 bits per heavy atom. The number of aromatic nitrogens is 1. The lowest BCUT2D eigenvalue weighted by atomic mass is 9.88. The summed E-state index contributed by atoms with van der Waals surface area (Å²) in [6.07, 6.45) is 5.18. The van der Waals surface area contributed by atoms with Crippen molar-refractivity contribution in [3.8, 4) is 0 Å². The van der Waals surface area contributed by atoms with E-state index in [-0.39, 0.29) is 48.3 Å². The van der Waals surface area contributed by atoms with Gasteiger partial charge in [0.1, 0.15) is 5.82 Å². The number of hydrogen-bond acceptors (Lipinski definition) is 4. The third-order valence-electron chi connectivity index (χ3n) is 7.42. The van der Waals surface area contributed by atoms with E-state index < -0.39 is 6.04 Å². The minimum atomic E-state index is -0.539. The zero-order valence-corrected chi connectivity index (χ0v) is 18.1. The summed E-state index contributed by atoms with van der Waals surface area (Å²) in [5.41, 5.74) is 3.24. The Labute approximate surface area is 186 Å². The Hall–Kier alpha value is -2.77. The van der Waals surface area contributed by atoms with Gasteiger partial charge < -0.3 is 15.0 Å². The summed E-state index contributed by atoms with van der Waals surface area (Å²) in [6, 6.07) is 9.63. The van der Waals surface area contributed by atoms with Gasteiger partial charge in [0, 0.05) is 48.4 Å². The Bertz CT molecular complexity index is 1140. The molecule has 0 spiro atoms. The highest BCUT2D eigenvalue weighted by molar-refractivity contribution is 5.82. The first kappa shape index (κ1) is 21.1. The first-order valence-corrected chi connectivity index (χ1v) is 11.3. The van der Waals surface area contributed by atoms with Crippen molar-refractivity contribution in [2.45, 2.75) is 44.4 Å². The predicted molar refractivity (Wildman–Crippen MR) is 119 cm³/mol. The molecule has 1 aromatic heterocycles. The molecule has 1 saturated heterocycles. The molecule has 1 amide bonds. The second kappa shape index (κ2) is 8.30. The molecule has 1 fully saturated rings. The van der Waals surface area contributed by atoms with E-state index in [1.165, 1.54) is 6.07 Å². The fourth-order valence-corrected chi connectivity index (χ4v) is 5.86. The number of aliphatic hydroxyl groups is 1. The lowest BCUT2D eigenvalue weighted by Gasteiger charge is -2.27. The van der Waals surface area contributed by atoms with E-state index >= 15 is 0 Å². The molecular weight excluding hydrogens is 409 g/mol. The summed E-state index contributed by atoms with van der Waals surface area (Å²) in [6.45, 7) is 0.439. The summed E-state index contributed by atoms with van der Waals surface area (Å²) in [5, 5.41) is 13.0. The third-order valence-corrected chi connectivity index (χ3v) is 7.42. The lowest BCUT2D eigenvalue weighted by Crippen LogP contribution is -2.46. The van der Waals surface area contributed by atoms with Crippen molar-refractivity contribution in [3.63, 3.8) is 0 Å². The SMILES string of the molecule is CN1[C@H](C(=O)NCc2ccccc2F)[C@@H](CO)[C@@H]2Cn3c(ccc(C4=CCCC4)c3=O)[C@@H]21. The number of nitrogens with one attached hydrogen (secondary N) is 1. The molecule has 0 saturated carbocycles. The molecule has 3 aliphatic rings. The Balaban J connectivity index is 1.39. The van der Waals surface area contributed by atoms with Crippen LogP contribution in [-0.4, -0.2) is 40.2 Å². The second-order valence-corrected chi connectivity index (χ2v) is 9.08. The van der Waals surface area contributed by atoms with E-state index in [0.29, 0.717) is 12.1 Å². The van der Waals surface area contributed by atoms with Crippen LogP contribution in [0.25, 0.3) is 5.57 Å². The van der Waals surface area contributed by atoms with Crippen LogP contribution in [0.15, 0.2) is 47.3 Å². The zero-order chi connectivity index (χ0) is 22.4. The quantitative estimate of drug-likeness (QED) is 0.754. The summed E-state index contributed by atoms with van der Waals surface area (Å²) in [4.78, 5) is 28.3. The fraction of sp³-hybridized carbons (Fsp3) is 0.440. The van der Waals surface area contributed by atoms with E-state index in [4.69, 9.17) is 0 Å². The number of fused-ring (bicyclic) bond motifs is 3. The number of halogens is 1. The van der Waals surface area contributed by atoms with Crippen LogP contribution in [0, 0.1) is 17.7 Å². The highest BCUT2D eigenvalue weighted by Gasteiger charge is 2.54. The smallest absolute Gasteiger partial charge is 0.258 e. The fourth-order valence-electron chi connectivity index (χ4n) is 5.86. The molecule has 6 nitrogen and oxygen atoms in total. The topological polar surface area (TPSA) is 74.6 Å². The number of nitrogens with zero attached hydrogens (tertiary/aromatic N) is 2. The van der Waals surface area contributed by atoms with E-state index in [0.717, 1.165) is 36.1 Å². The summed E-state index contributed by atoms with van der Waals surface area (Å²) >= 11 is 0. The van der Waals surface area contributed by atoms with Gasteiger partial charge in [-0.25, -0.2) is 4.39 Å². The van der Waals surface area contributed by atoms with Gasteiger partial charge in [-0.1, -0.05) is 24.3 Å². The van der Waals surface area contributed by atoms with Crippen molar-refractivity contribution in [3.05, 3.63) is 75.5 Å². The van der Waals surface area contributed by atoms with Crippen molar-refractivity contribution in [1.82, 2.24) is 14.8 Å². The molecular formula is C25H28FN3O3. The summed E-state index contributed by atoms with van der Waals surface area (Å²) in [5.74, 6) is -0.927. The number of carbonyl (C=O) groups is 1. The molecule has 3 heterocycles. The molecule has 2 aliphatic heterocycles. The standard InChI is InChI=1S/C25H28FN3O3/c1-28-22-18(13-29-21(22)11-10-17(25(29)32)15-6-2-3-7-15)19(14-30)23(28)24(31)27-12-16-8-4-5-9-20(16)26/h4-6,8-11,18-19,22-23,30H,2-3,7,12-14H2,1H3,(H,27,31)/t18-,19-,22+,23-/m0/s1. The average Bonchev–Trinajstić information content (AvgIpc) is 3.50. The number of hydrogen-bond donors (Lipinski definition) is 2. The Kier molecular flexibility index (Phi) is 5.47. The van der Waals surface area contributed by atoms with Crippen molar-refractivity contribution < 1.29 is 14.3 Å². The molecule has 5 rings (SSSR count). The minimum absolute atomic E-state index is 0.0238. The van der Waals surface area contributed by atoms with Crippen LogP contribution >= 0.6 is 0 Å². The molecule has 2 aromatic rings. The van der Waals surface area contributed by atoms with Crippen LogP contribution in [-0.2, 0) is 17.9 Å². The molecule has 32 heavy (non-hydrogen) atoms. The highest BCUT2D eigenvalue weighted by atomic mass is 19.1. The first-order valence-electron chi connectivity index (χ1n) is 11.3. The number of benzene rings is 1. The van der Waals surface area contributed by atoms with Crippen LogP contribution in [0.1, 0.15) is 42.1 Å². The average molecular weight is 438 g/mol. The molecule has 7 heteroatoms. The molecule has 0 radical (unpaired) electrons. The number of likely N-dealkylation sites (N-methyl/N-ethyl adjacent to an activating group) is 1. The molecule has 168 valence electrons. The van der Waals surface area contributed by atoms with Gasteiger partial charge >= 0.3 is 0 Å². The Morgan fingerprint density at radius 3 is 2.78 bits per heavy atom. The molecule has 2 N–H and O–H groups in total. The van der Waals surface area contributed by atoms with Crippen molar-refractivity contribution in [2.24, 2.45) is 11.8 Å². The van der Waals surface area contributed by atoms with Gasteiger partial charge in [0.2, 0.25) is 5.91 Å². The van der Waals surface area contributed by atoms with Gasteiger partial charge in [-0.3, -0.25) is 14.5 Å². The molecule has 4 atom stereocenters. The second-order valence-electron chi connectivity index (χ2n) is 9.08. The third kappa shape index (κ3) is 3.31. The lowest BCUT2D eigenvalue weighted by molar-refractivity contribution is -0.127. The van der Waals surface area contributed by atoms with Gasteiger partial charge in [-0.2, -0.15) is 0 Å². The number of likely N-dealkylation sites (tertiary alicyclic amines) is 1. The van der Waals surface area contributed by atoms with Crippen LogP contribution in [0.5, 0.6) is 0 Å². The molecule has 0 bridgehead atoms. The normalized spacial score (nSPS) is 26.7. The number of aliphatic hydroxyl groups excluding tert-OH is 1. The first-order chi connectivity index (χ1) is 15.5. The van der Waals surface area contributed by atoms with Crippen LogP contribution in [0.3, 0.4) is 0 Å². The van der Waals surface area contributed by atoms with E-state index in [9.17, 15) is 19.1 Å².